The van der Waals surface area contributed by atoms with Crippen molar-refractivity contribution in [1.82, 2.24) is 10.2 Å². The summed E-state index contributed by atoms with van der Waals surface area (Å²) in [6, 6.07) is 12.5. The van der Waals surface area contributed by atoms with Gasteiger partial charge in [-0.3, -0.25) is 19.7 Å². The van der Waals surface area contributed by atoms with E-state index in [9.17, 15) is 19.7 Å². The molecule has 0 heterocycles. The third kappa shape index (κ3) is 7.07. The SMILES string of the molecule is CCCCNC(=O)C(CC)N(Cc1ccc(Cl)cc1)C(=O)Cc1ccccc1[N+](=O)[O-]. The first-order valence-corrected chi connectivity index (χ1v) is 10.8. The van der Waals surface area contributed by atoms with Gasteiger partial charge in [0.25, 0.3) is 5.69 Å². The van der Waals surface area contributed by atoms with Gasteiger partial charge < -0.3 is 10.2 Å². The fourth-order valence-electron chi connectivity index (χ4n) is 3.32. The van der Waals surface area contributed by atoms with Crippen LogP contribution >= 0.6 is 11.6 Å². The molecule has 8 heteroatoms. The molecule has 0 saturated carbocycles. The number of unbranched alkanes of at least 4 members (excludes halogenated alkanes) is 1. The molecule has 0 spiro atoms. The quantitative estimate of drug-likeness (QED) is 0.313. The number of nitro benzene ring substituents is 1. The molecule has 0 aliphatic heterocycles. The summed E-state index contributed by atoms with van der Waals surface area (Å²) >= 11 is 5.97. The molecule has 0 fully saturated rings. The van der Waals surface area contributed by atoms with Crippen LogP contribution in [0.3, 0.4) is 0 Å². The molecule has 0 aromatic heterocycles. The van der Waals surface area contributed by atoms with Crippen LogP contribution in [-0.4, -0.2) is 34.2 Å². The van der Waals surface area contributed by atoms with Crippen LogP contribution < -0.4 is 5.32 Å². The molecule has 166 valence electrons. The fourth-order valence-corrected chi connectivity index (χ4v) is 3.44. The van der Waals surface area contributed by atoms with Crippen LogP contribution in [0, 0.1) is 10.1 Å². The van der Waals surface area contributed by atoms with Crippen LogP contribution in [-0.2, 0) is 22.6 Å². The van der Waals surface area contributed by atoms with Gasteiger partial charge >= 0.3 is 0 Å². The van der Waals surface area contributed by atoms with Crippen molar-refractivity contribution in [3.05, 3.63) is 74.8 Å². The molecule has 2 rings (SSSR count). The molecular weight excluding hydrogens is 418 g/mol. The number of benzene rings is 2. The normalized spacial score (nSPS) is 11.6. The Hall–Kier alpha value is -2.93. The van der Waals surface area contributed by atoms with Gasteiger partial charge in [0, 0.05) is 29.7 Å². The molecule has 0 aliphatic carbocycles. The topological polar surface area (TPSA) is 92.6 Å². The molecule has 1 atom stereocenters. The van der Waals surface area contributed by atoms with E-state index >= 15 is 0 Å². The first-order valence-electron chi connectivity index (χ1n) is 10.4. The lowest BCUT2D eigenvalue weighted by Crippen LogP contribution is -2.49. The molecule has 2 aromatic rings. The fraction of sp³-hybridized carbons (Fsp3) is 0.391. The molecule has 7 nitrogen and oxygen atoms in total. The van der Waals surface area contributed by atoms with E-state index in [2.05, 4.69) is 5.32 Å². The average molecular weight is 446 g/mol. The van der Waals surface area contributed by atoms with Gasteiger partial charge in [-0.05, 0) is 30.5 Å². The van der Waals surface area contributed by atoms with Crippen LogP contribution in [0.2, 0.25) is 5.02 Å². The van der Waals surface area contributed by atoms with Crippen LogP contribution in [0.15, 0.2) is 48.5 Å². The molecule has 0 aliphatic rings. The monoisotopic (exact) mass is 445 g/mol. The van der Waals surface area contributed by atoms with Gasteiger partial charge in [-0.25, -0.2) is 0 Å². The van der Waals surface area contributed by atoms with Gasteiger partial charge in [0.2, 0.25) is 11.8 Å². The van der Waals surface area contributed by atoms with Gasteiger partial charge in [-0.2, -0.15) is 0 Å². The van der Waals surface area contributed by atoms with Crippen molar-refractivity contribution in [1.29, 1.82) is 0 Å². The number of para-hydroxylation sites is 1. The molecule has 2 amide bonds. The summed E-state index contributed by atoms with van der Waals surface area (Å²) < 4.78 is 0. The Balaban J connectivity index is 2.31. The number of carbonyl (C=O) groups is 2. The van der Waals surface area contributed by atoms with Crippen LogP contribution in [0.25, 0.3) is 0 Å². The van der Waals surface area contributed by atoms with Crippen LogP contribution in [0.5, 0.6) is 0 Å². The third-order valence-electron chi connectivity index (χ3n) is 5.01. The third-order valence-corrected chi connectivity index (χ3v) is 5.26. The molecule has 0 bridgehead atoms. The van der Waals surface area contributed by atoms with E-state index in [0.717, 1.165) is 18.4 Å². The predicted octanol–water partition coefficient (Wildman–Crippen LogP) is 4.51. The van der Waals surface area contributed by atoms with Crippen molar-refractivity contribution in [3.63, 3.8) is 0 Å². The van der Waals surface area contributed by atoms with E-state index in [1.165, 1.54) is 11.0 Å². The number of carbonyl (C=O) groups excluding carboxylic acids is 2. The number of amides is 2. The minimum atomic E-state index is -0.678. The van der Waals surface area contributed by atoms with E-state index < -0.39 is 11.0 Å². The number of nitrogens with zero attached hydrogens (tertiary/aromatic N) is 2. The summed E-state index contributed by atoms with van der Waals surface area (Å²) in [5.74, 6) is -0.567. The molecule has 1 unspecified atom stereocenters. The van der Waals surface area contributed by atoms with Crippen molar-refractivity contribution in [2.24, 2.45) is 0 Å². The van der Waals surface area contributed by atoms with Crippen molar-refractivity contribution < 1.29 is 14.5 Å². The summed E-state index contributed by atoms with van der Waals surface area (Å²) in [7, 11) is 0. The number of hydrogen-bond acceptors (Lipinski definition) is 4. The summed E-state index contributed by atoms with van der Waals surface area (Å²) in [6.07, 6.45) is 2.06. The van der Waals surface area contributed by atoms with Gasteiger partial charge in [-0.15, -0.1) is 0 Å². The van der Waals surface area contributed by atoms with Gasteiger partial charge in [0.05, 0.1) is 11.3 Å². The lowest BCUT2D eigenvalue weighted by atomic mass is 10.1. The molecular formula is C23H28ClN3O4. The average Bonchev–Trinajstić information content (AvgIpc) is 2.75. The Kier molecular flexibility index (Phi) is 9.46. The summed E-state index contributed by atoms with van der Waals surface area (Å²) in [5, 5.41) is 14.8. The molecule has 0 radical (unpaired) electrons. The molecule has 1 N–H and O–H groups in total. The zero-order valence-corrected chi connectivity index (χ0v) is 18.6. The first kappa shape index (κ1) is 24.3. The van der Waals surface area contributed by atoms with Crippen molar-refractivity contribution in [2.75, 3.05) is 6.54 Å². The highest BCUT2D eigenvalue weighted by atomic mass is 35.5. The van der Waals surface area contributed by atoms with Crippen molar-refractivity contribution >= 4 is 29.1 Å². The molecule has 2 aromatic carbocycles. The maximum atomic E-state index is 13.3. The van der Waals surface area contributed by atoms with E-state index in [1.807, 2.05) is 13.8 Å². The smallest absolute Gasteiger partial charge is 0.273 e. The Morgan fingerprint density at radius 1 is 1.13 bits per heavy atom. The maximum absolute atomic E-state index is 13.3. The number of nitrogens with one attached hydrogen (secondary N) is 1. The Morgan fingerprint density at radius 3 is 2.42 bits per heavy atom. The zero-order chi connectivity index (χ0) is 22.8. The second-order valence-electron chi connectivity index (χ2n) is 7.28. The van der Waals surface area contributed by atoms with Gasteiger partial charge in [0.15, 0.2) is 0 Å². The van der Waals surface area contributed by atoms with Crippen LogP contribution in [0.1, 0.15) is 44.2 Å². The lowest BCUT2D eigenvalue weighted by Gasteiger charge is -2.30. The molecule has 0 saturated heterocycles. The predicted molar refractivity (Wildman–Crippen MR) is 121 cm³/mol. The Bertz CT molecular complexity index is 902. The standard InChI is InChI=1S/C23H28ClN3O4/c1-3-5-14-25-23(29)20(4-2)26(16-17-10-12-19(24)13-11-17)22(28)15-18-8-6-7-9-21(18)27(30)31/h6-13,20H,3-5,14-16H2,1-2H3,(H,25,29). The van der Waals surface area contributed by atoms with E-state index in [0.29, 0.717) is 23.6 Å². The first-order chi connectivity index (χ1) is 14.9. The van der Waals surface area contributed by atoms with Crippen molar-refractivity contribution in [3.8, 4) is 0 Å². The van der Waals surface area contributed by atoms with Crippen LogP contribution in [0.4, 0.5) is 5.69 Å². The second kappa shape index (κ2) is 12.1. The minimum absolute atomic E-state index is 0.109. The highest BCUT2D eigenvalue weighted by molar-refractivity contribution is 6.30. The van der Waals surface area contributed by atoms with E-state index in [4.69, 9.17) is 11.6 Å². The highest BCUT2D eigenvalue weighted by Gasteiger charge is 2.29. The summed E-state index contributed by atoms with van der Waals surface area (Å²) in [4.78, 5) is 38.5. The number of nitro groups is 1. The van der Waals surface area contributed by atoms with Gasteiger partial charge in [0.1, 0.15) is 6.04 Å². The number of halogens is 1. The molecule has 31 heavy (non-hydrogen) atoms. The Morgan fingerprint density at radius 2 is 1.81 bits per heavy atom. The van der Waals surface area contributed by atoms with E-state index in [1.54, 1.807) is 42.5 Å². The second-order valence-corrected chi connectivity index (χ2v) is 7.72. The maximum Gasteiger partial charge on any atom is 0.273 e. The number of hydrogen-bond donors (Lipinski definition) is 1. The highest BCUT2D eigenvalue weighted by Crippen LogP contribution is 2.21. The Labute approximate surface area is 187 Å². The van der Waals surface area contributed by atoms with Crippen molar-refractivity contribution in [2.45, 2.75) is 52.1 Å². The zero-order valence-electron chi connectivity index (χ0n) is 17.8. The van der Waals surface area contributed by atoms with Gasteiger partial charge in [-0.1, -0.05) is 62.2 Å². The lowest BCUT2D eigenvalue weighted by molar-refractivity contribution is -0.385. The number of rotatable bonds is 11. The summed E-state index contributed by atoms with van der Waals surface area (Å²) in [5.41, 5.74) is 1.03. The van der Waals surface area contributed by atoms with E-state index in [-0.39, 0.29) is 30.5 Å². The largest absolute Gasteiger partial charge is 0.354 e. The summed E-state index contributed by atoms with van der Waals surface area (Å²) in [6.45, 7) is 4.62. The minimum Gasteiger partial charge on any atom is -0.354 e.